The smallest absolute Gasteiger partial charge is 0.303 e. The van der Waals surface area contributed by atoms with Crippen molar-refractivity contribution in [3.05, 3.63) is 47.3 Å². The van der Waals surface area contributed by atoms with E-state index in [1.165, 1.54) is 0 Å². The summed E-state index contributed by atoms with van der Waals surface area (Å²) in [6.45, 7) is 4.35. The van der Waals surface area contributed by atoms with Crippen LogP contribution in [-0.4, -0.2) is 26.8 Å². The normalized spacial score (nSPS) is 10.6. The molecule has 0 aliphatic heterocycles. The van der Waals surface area contributed by atoms with Gasteiger partial charge in [-0.2, -0.15) is 5.10 Å². The Morgan fingerprint density at radius 3 is 2.46 bits per heavy atom. The van der Waals surface area contributed by atoms with Crippen LogP contribution in [0, 0.1) is 13.8 Å². The number of carbonyl (C=O) groups is 2. The van der Waals surface area contributed by atoms with Crippen molar-refractivity contribution in [1.29, 1.82) is 0 Å². The van der Waals surface area contributed by atoms with E-state index < -0.39 is 5.97 Å². The average molecular weight is 329 g/mol. The third-order valence-electron chi connectivity index (χ3n) is 3.95. The number of carboxylic acids is 1. The van der Waals surface area contributed by atoms with Gasteiger partial charge in [0, 0.05) is 30.6 Å². The molecule has 1 aromatic carbocycles. The number of rotatable bonds is 8. The Morgan fingerprint density at radius 2 is 1.79 bits per heavy atom. The molecule has 2 aromatic rings. The van der Waals surface area contributed by atoms with Gasteiger partial charge in [0.05, 0.1) is 11.4 Å². The van der Waals surface area contributed by atoms with E-state index in [1.54, 1.807) is 0 Å². The van der Waals surface area contributed by atoms with Crippen molar-refractivity contribution in [2.75, 3.05) is 0 Å². The maximum atomic E-state index is 11.9. The fourth-order valence-electron chi connectivity index (χ4n) is 2.59. The number of carboxylic acid groups (broad SMARTS) is 1. The highest BCUT2D eigenvalue weighted by molar-refractivity contribution is 5.76. The van der Waals surface area contributed by atoms with E-state index >= 15 is 0 Å². The molecule has 1 heterocycles. The van der Waals surface area contributed by atoms with E-state index in [9.17, 15) is 9.59 Å². The molecule has 0 fully saturated rings. The van der Waals surface area contributed by atoms with E-state index in [0.717, 1.165) is 22.6 Å². The zero-order chi connectivity index (χ0) is 17.5. The number of nitrogens with one attached hydrogen (secondary N) is 1. The highest BCUT2D eigenvalue weighted by atomic mass is 16.4. The first-order valence-electron chi connectivity index (χ1n) is 8.08. The minimum absolute atomic E-state index is 0.0633. The molecule has 1 amide bonds. The van der Waals surface area contributed by atoms with E-state index in [-0.39, 0.29) is 12.3 Å². The fraction of sp³-hybridized carbons (Fsp3) is 0.389. The lowest BCUT2D eigenvalue weighted by molar-refractivity contribution is -0.137. The molecule has 0 spiro atoms. The van der Waals surface area contributed by atoms with Crippen LogP contribution >= 0.6 is 0 Å². The van der Waals surface area contributed by atoms with E-state index in [4.69, 9.17) is 5.11 Å². The van der Waals surface area contributed by atoms with Crippen molar-refractivity contribution in [1.82, 2.24) is 15.1 Å². The van der Waals surface area contributed by atoms with Crippen molar-refractivity contribution in [2.24, 2.45) is 0 Å². The van der Waals surface area contributed by atoms with Gasteiger partial charge in [0.25, 0.3) is 0 Å². The number of unbranched alkanes of at least 4 members (excludes halogenated alkanes) is 1. The molecule has 0 aliphatic rings. The van der Waals surface area contributed by atoms with Crippen LogP contribution in [0.5, 0.6) is 0 Å². The van der Waals surface area contributed by atoms with Crippen LogP contribution in [0.2, 0.25) is 0 Å². The number of nitrogens with zero attached hydrogens (tertiary/aromatic N) is 2. The predicted octanol–water partition coefficient (Wildman–Crippen LogP) is 2.75. The van der Waals surface area contributed by atoms with Gasteiger partial charge in [0.2, 0.25) is 5.91 Å². The van der Waals surface area contributed by atoms with E-state index in [2.05, 4.69) is 10.4 Å². The molecular weight excluding hydrogens is 306 g/mol. The lowest BCUT2D eigenvalue weighted by Gasteiger charge is -2.07. The maximum absolute atomic E-state index is 11.9. The van der Waals surface area contributed by atoms with E-state index in [1.807, 2.05) is 48.9 Å². The number of carbonyl (C=O) groups excluding carboxylic acids is 1. The number of amides is 1. The lowest BCUT2D eigenvalue weighted by Crippen LogP contribution is -2.23. The standard InChI is InChI=1S/C18H23N3O3/c1-13-16(12-19-17(22)10-6-7-11-18(23)24)14(2)21(20-13)15-8-4-3-5-9-15/h3-5,8-9H,6-7,10-12H2,1-2H3,(H,19,22)(H,23,24). The number of hydrogen-bond donors (Lipinski definition) is 2. The first-order chi connectivity index (χ1) is 11.5. The molecule has 2 N–H and O–H groups in total. The number of aromatic nitrogens is 2. The Bertz CT molecular complexity index is 708. The zero-order valence-corrected chi connectivity index (χ0v) is 14.1. The Labute approximate surface area is 141 Å². The SMILES string of the molecule is Cc1nn(-c2ccccc2)c(C)c1CNC(=O)CCCCC(=O)O. The molecule has 0 saturated heterocycles. The second kappa shape index (κ2) is 8.29. The minimum atomic E-state index is -0.824. The molecule has 6 nitrogen and oxygen atoms in total. The predicted molar refractivity (Wildman–Crippen MR) is 91.0 cm³/mol. The number of hydrogen-bond acceptors (Lipinski definition) is 3. The van der Waals surface area contributed by atoms with Gasteiger partial charge in [-0.05, 0) is 38.8 Å². The summed E-state index contributed by atoms with van der Waals surface area (Å²) in [6, 6.07) is 9.86. The van der Waals surface area contributed by atoms with Crippen molar-refractivity contribution >= 4 is 11.9 Å². The summed E-state index contributed by atoms with van der Waals surface area (Å²) in [5, 5.41) is 16.0. The Hall–Kier alpha value is -2.63. The number of aliphatic carboxylic acids is 1. The van der Waals surface area contributed by atoms with Crippen LogP contribution in [0.15, 0.2) is 30.3 Å². The van der Waals surface area contributed by atoms with Crippen LogP contribution in [0.4, 0.5) is 0 Å². The summed E-state index contributed by atoms with van der Waals surface area (Å²) >= 11 is 0. The van der Waals surface area contributed by atoms with Gasteiger partial charge in [-0.3, -0.25) is 9.59 Å². The van der Waals surface area contributed by atoms with Crippen LogP contribution in [0.25, 0.3) is 5.69 Å². The topological polar surface area (TPSA) is 84.2 Å². The lowest BCUT2D eigenvalue weighted by atomic mass is 10.1. The van der Waals surface area contributed by atoms with Gasteiger partial charge < -0.3 is 10.4 Å². The summed E-state index contributed by atoms with van der Waals surface area (Å²) in [5.74, 6) is -0.887. The summed E-state index contributed by atoms with van der Waals surface area (Å²) in [7, 11) is 0. The summed E-state index contributed by atoms with van der Waals surface area (Å²) in [5.41, 5.74) is 3.90. The number of para-hydroxylation sites is 1. The van der Waals surface area contributed by atoms with Crippen molar-refractivity contribution in [3.8, 4) is 5.69 Å². The largest absolute Gasteiger partial charge is 0.481 e. The van der Waals surface area contributed by atoms with Gasteiger partial charge in [-0.25, -0.2) is 4.68 Å². The molecule has 128 valence electrons. The fourth-order valence-corrected chi connectivity index (χ4v) is 2.59. The Kier molecular flexibility index (Phi) is 6.12. The molecule has 0 saturated carbocycles. The summed E-state index contributed by atoms with van der Waals surface area (Å²) in [6.07, 6.45) is 1.56. The molecule has 2 rings (SSSR count). The quantitative estimate of drug-likeness (QED) is 0.729. The number of benzene rings is 1. The van der Waals surface area contributed by atoms with Gasteiger partial charge in [-0.15, -0.1) is 0 Å². The molecule has 0 radical (unpaired) electrons. The molecule has 0 unspecified atom stereocenters. The first kappa shape index (κ1) is 17.7. The highest BCUT2D eigenvalue weighted by Crippen LogP contribution is 2.17. The van der Waals surface area contributed by atoms with Crippen molar-refractivity contribution < 1.29 is 14.7 Å². The molecular formula is C18H23N3O3. The Balaban J connectivity index is 1.92. The van der Waals surface area contributed by atoms with Crippen LogP contribution < -0.4 is 5.32 Å². The minimum Gasteiger partial charge on any atom is -0.481 e. The van der Waals surface area contributed by atoms with Gasteiger partial charge in [0.1, 0.15) is 0 Å². The maximum Gasteiger partial charge on any atom is 0.303 e. The molecule has 1 aromatic heterocycles. The number of aryl methyl sites for hydroxylation is 1. The zero-order valence-electron chi connectivity index (χ0n) is 14.1. The molecule has 0 aliphatic carbocycles. The molecule has 0 atom stereocenters. The van der Waals surface area contributed by atoms with E-state index in [0.29, 0.717) is 25.8 Å². The average Bonchev–Trinajstić information content (AvgIpc) is 2.85. The van der Waals surface area contributed by atoms with Crippen molar-refractivity contribution in [2.45, 2.75) is 46.1 Å². The summed E-state index contributed by atoms with van der Waals surface area (Å²) < 4.78 is 1.88. The van der Waals surface area contributed by atoms with Crippen molar-refractivity contribution in [3.63, 3.8) is 0 Å². The van der Waals surface area contributed by atoms with Gasteiger partial charge in [-0.1, -0.05) is 18.2 Å². The van der Waals surface area contributed by atoms with Crippen LogP contribution in [-0.2, 0) is 16.1 Å². The monoisotopic (exact) mass is 329 g/mol. The first-order valence-corrected chi connectivity index (χ1v) is 8.08. The van der Waals surface area contributed by atoms with Crippen LogP contribution in [0.3, 0.4) is 0 Å². The third-order valence-corrected chi connectivity index (χ3v) is 3.95. The highest BCUT2D eigenvalue weighted by Gasteiger charge is 2.13. The van der Waals surface area contributed by atoms with Gasteiger partial charge >= 0.3 is 5.97 Å². The second-order valence-corrected chi connectivity index (χ2v) is 5.77. The van der Waals surface area contributed by atoms with Crippen LogP contribution in [0.1, 0.15) is 42.6 Å². The Morgan fingerprint density at radius 1 is 1.12 bits per heavy atom. The third kappa shape index (κ3) is 4.68. The molecule has 6 heteroatoms. The molecule has 24 heavy (non-hydrogen) atoms. The molecule has 0 bridgehead atoms. The second-order valence-electron chi connectivity index (χ2n) is 5.77. The summed E-state index contributed by atoms with van der Waals surface area (Å²) in [4.78, 5) is 22.3. The van der Waals surface area contributed by atoms with Gasteiger partial charge in [0.15, 0.2) is 0 Å².